The van der Waals surface area contributed by atoms with E-state index in [2.05, 4.69) is 15.2 Å². The molecule has 0 bridgehead atoms. The van der Waals surface area contributed by atoms with E-state index in [9.17, 15) is 9.59 Å². The third-order valence-corrected chi connectivity index (χ3v) is 4.19. The molecular weight excluding hydrogens is 342 g/mol. The van der Waals surface area contributed by atoms with Crippen molar-refractivity contribution in [1.29, 1.82) is 0 Å². The molecule has 1 amide bonds. The van der Waals surface area contributed by atoms with Crippen LogP contribution >= 0.6 is 0 Å². The lowest BCUT2D eigenvalue weighted by Gasteiger charge is -2.07. The minimum absolute atomic E-state index is 0.105. The molecule has 27 heavy (non-hydrogen) atoms. The highest BCUT2D eigenvalue weighted by atomic mass is 16.5. The van der Waals surface area contributed by atoms with Crippen LogP contribution in [0.1, 0.15) is 31.8 Å². The van der Waals surface area contributed by atoms with Gasteiger partial charge in [0.2, 0.25) is 0 Å². The molecule has 6 heteroatoms. The SMILES string of the molecule is COC(=O)c1ccc(CCNC(=O)c2ccc(Cn3cccn3)cc2)cc1. The number of aromatic nitrogens is 2. The van der Waals surface area contributed by atoms with E-state index in [4.69, 9.17) is 0 Å². The van der Waals surface area contributed by atoms with E-state index in [0.717, 1.165) is 11.1 Å². The number of nitrogens with one attached hydrogen (secondary N) is 1. The summed E-state index contributed by atoms with van der Waals surface area (Å²) in [4.78, 5) is 23.7. The van der Waals surface area contributed by atoms with Crippen LogP contribution in [0.2, 0.25) is 0 Å². The number of benzene rings is 2. The van der Waals surface area contributed by atoms with Crippen molar-refractivity contribution in [3.05, 3.63) is 89.2 Å². The molecular formula is C21H21N3O3. The van der Waals surface area contributed by atoms with Gasteiger partial charge in [-0.25, -0.2) is 4.79 Å². The van der Waals surface area contributed by atoms with Crippen LogP contribution in [0.15, 0.2) is 67.0 Å². The fourth-order valence-corrected chi connectivity index (χ4v) is 2.69. The van der Waals surface area contributed by atoms with Crippen molar-refractivity contribution < 1.29 is 14.3 Å². The van der Waals surface area contributed by atoms with E-state index in [1.165, 1.54) is 7.11 Å². The van der Waals surface area contributed by atoms with Gasteiger partial charge in [-0.05, 0) is 47.9 Å². The highest BCUT2D eigenvalue weighted by Gasteiger charge is 2.07. The van der Waals surface area contributed by atoms with Crippen molar-refractivity contribution in [2.45, 2.75) is 13.0 Å². The maximum Gasteiger partial charge on any atom is 0.337 e. The fraction of sp³-hybridized carbons (Fsp3) is 0.190. The minimum atomic E-state index is -0.356. The van der Waals surface area contributed by atoms with Crippen molar-refractivity contribution >= 4 is 11.9 Å². The van der Waals surface area contributed by atoms with Gasteiger partial charge in [0, 0.05) is 24.5 Å². The third-order valence-electron chi connectivity index (χ3n) is 4.19. The van der Waals surface area contributed by atoms with E-state index in [1.807, 2.05) is 53.3 Å². The number of hydrogen-bond donors (Lipinski definition) is 1. The molecule has 0 aliphatic carbocycles. The Bertz CT molecular complexity index is 885. The zero-order valence-corrected chi connectivity index (χ0v) is 15.1. The molecule has 0 saturated heterocycles. The summed E-state index contributed by atoms with van der Waals surface area (Å²) < 4.78 is 6.51. The highest BCUT2D eigenvalue weighted by molar-refractivity contribution is 5.94. The summed E-state index contributed by atoms with van der Waals surface area (Å²) in [7, 11) is 1.36. The topological polar surface area (TPSA) is 73.2 Å². The number of ether oxygens (including phenoxy) is 1. The lowest BCUT2D eigenvalue weighted by molar-refractivity contribution is 0.0600. The van der Waals surface area contributed by atoms with E-state index in [1.54, 1.807) is 18.3 Å². The predicted octanol–water partition coefficient (Wildman–Crippen LogP) is 2.69. The van der Waals surface area contributed by atoms with Crippen LogP contribution in [-0.2, 0) is 17.7 Å². The standard InChI is InChI=1S/C21H21N3O3/c1-27-21(26)19-9-3-16(4-10-19)11-13-22-20(25)18-7-5-17(6-8-18)15-24-14-2-12-23-24/h2-10,12,14H,11,13,15H2,1H3,(H,22,25). The molecule has 0 fully saturated rings. The largest absolute Gasteiger partial charge is 0.465 e. The van der Waals surface area contributed by atoms with Gasteiger partial charge in [0.15, 0.2) is 0 Å². The van der Waals surface area contributed by atoms with Gasteiger partial charge in [0.1, 0.15) is 0 Å². The van der Waals surface area contributed by atoms with E-state index < -0.39 is 0 Å². The lowest BCUT2D eigenvalue weighted by atomic mass is 10.1. The Morgan fingerprint density at radius 1 is 1.00 bits per heavy atom. The van der Waals surface area contributed by atoms with Gasteiger partial charge >= 0.3 is 5.97 Å². The second kappa shape index (κ2) is 8.80. The number of hydrogen-bond acceptors (Lipinski definition) is 4. The molecule has 1 aromatic heterocycles. The maximum atomic E-state index is 12.3. The first kappa shape index (κ1) is 18.4. The van der Waals surface area contributed by atoms with Gasteiger partial charge in [-0.1, -0.05) is 24.3 Å². The van der Waals surface area contributed by atoms with Gasteiger partial charge in [-0.3, -0.25) is 9.48 Å². The van der Waals surface area contributed by atoms with Gasteiger partial charge in [0.25, 0.3) is 5.91 Å². The number of nitrogens with zero attached hydrogens (tertiary/aromatic N) is 2. The van der Waals surface area contributed by atoms with E-state index in [-0.39, 0.29) is 11.9 Å². The van der Waals surface area contributed by atoms with Crippen LogP contribution < -0.4 is 5.32 Å². The molecule has 0 atom stereocenters. The Hall–Kier alpha value is -3.41. The molecule has 1 heterocycles. The normalized spacial score (nSPS) is 10.4. The van der Waals surface area contributed by atoms with Crippen molar-refractivity contribution in [3.8, 4) is 0 Å². The fourth-order valence-electron chi connectivity index (χ4n) is 2.69. The van der Waals surface area contributed by atoms with Crippen LogP contribution in [0.5, 0.6) is 0 Å². The number of carbonyl (C=O) groups is 2. The highest BCUT2D eigenvalue weighted by Crippen LogP contribution is 2.08. The Morgan fingerprint density at radius 3 is 2.30 bits per heavy atom. The van der Waals surface area contributed by atoms with Crippen LogP contribution in [-0.4, -0.2) is 35.3 Å². The van der Waals surface area contributed by atoms with Crippen LogP contribution in [0.3, 0.4) is 0 Å². The molecule has 0 aliphatic heterocycles. The smallest absolute Gasteiger partial charge is 0.337 e. The molecule has 0 saturated carbocycles. The number of esters is 1. The summed E-state index contributed by atoms with van der Waals surface area (Å²) in [6.45, 7) is 1.20. The molecule has 3 aromatic rings. The predicted molar refractivity (Wildman–Crippen MR) is 102 cm³/mol. The Balaban J connectivity index is 1.48. The number of carbonyl (C=O) groups excluding carboxylic acids is 2. The minimum Gasteiger partial charge on any atom is -0.465 e. The van der Waals surface area contributed by atoms with Crippen LogP contribution in [0, 0.1) is 0 Å². The molecule has 2 aromatic carbocycles. The molecule has 0 aliphatic rings. The molecule has 0 unspecified atom stereocenters. The first-order chi connectivity index (χ1) is 13.2. The summed E-state index contributed by atoms with van der Waals surface area (Å²) in [5, 5.41) is 7.08. The summed E-state index contributed by atoms with van der Waals surface area (Å²) in [6.07, 6.45) is 4.33. The van der Waals surface area contributed by atoms with Crippen molar-refractivity contribution in [3.63, 3.8) is 0 Å². The number of methoxy groups -OCH3 is 1. The second-order valence-electron chi connectivity index (χ2n) is 6.09. The summed E-state index contributed by atoms with van der Waals surface area (Å²) in [5.41, 5.74) is 3.26. The van der Waals surface area contributed by atoms with Gasteiger partial charge < -0.3 is 10.1 Å². The lowest BCUT2D eigenvalue weighted by Crippen LogP contribution is -2.25. The third kappa shape index (κ3) is 5.04. The molecule has 0 radical (unpaired) electrons. The van der Waals surface area contributed by atoms with E-state index >= 15 is 0 Å². The average Bonchev–Trinajstić information content (AvgIpc) is 3.21. The maximum absolute atomic E-state index is 12.3. The molecule has 3 rings (SSSR count). The Labute approximate surface area is 157 Å². The number of amides is 1. The molecule has 1 N–H and O–H groups in total. The second-order valence-corrected chi connectivity index (χ2v) is 6.09. The number of rotatable bonds is 7. The summed E-state index contributed by atoms with van der Waals surface area (Å²) >= 11 is 0. The quantitative estimate of drug-likeness (QED) is 0.655. The van der Waals surface area contributed by atoms with Gasteiger partial charge in [-0.2, -0.15) is 5.10 Å². The zero-order valence-electron chi connectivity index (χ0n) is 15.1. The Kier molecular flexibility index (Phi) is 5.99. The Morgan fingerprint density at radius 2 is 1.67 bits per heavy atom. The first-order valence-electron chi connectivity index (χ1n) is 8.67. The van der Waals surface area contributed by atoms with Crippen molar-refractivity contribution in [2.24, 2.45) is 0 Å². The van der Waals surface area contributed by atoms with Crippen molar-refractivity contribution in [1.82, 2.24) is 15.1 Å². The zero-order chi connectivity index (χ0) is 19.1. The average molecular weight is 363 g/mol. The van der Waals surface area contributed by atoms with Crippen LogP contribution in [0.4, 0.5) is 0 Å². The van der Waals surface area contributed by atoms with Gasteiger partial charge in [0.05, 0.1) is 19.2 Å². The first-order valence-corrected chi connectivity index (χ1v) is 8.67. The molecule has 0 spiro atoms. The monoisotopic (exact) mass is 363 g/mol. The van der Waals surface area contributed by atoms with Gasteiger partial charge in [-0.15, -0.1) is 0 Å². The molecule has 138 valence electrons. The summed E-state index contributed by atoms with van der Waals surface area (Å²) in [6, 6.07) is 16.6. The van der Waals surface area contributed by atoms with Crippen LogP contribution in [0.25, 0.3) is 0 Å². The molecule has 6 nitrogen and oxygen atoms in total. The van der Waals surface area contributed by atoms with E-state index in [0.29, 0.717) is 30.6 Å². The summed E-state index contributed by atoms with van der Waals surface area (Å²) in [5.74, 6) is -0.460. The van der Waals surface area contributed by atoms with Crippen molar-refractivity contribution in [2.75, 3.05) is 13.7 Å².